The Morgan fingerprint density at radius 1 is 1.19 bits per heavy atom. The van der Waals surface area contributed by atoms with Gasteiger partial charge in [0, 0.05) is 18.7 Å². The van der Waals surface area contributed by atoms with Crippen molar-refractivity contribution in [2.75, 3.05) is 0 Å². The molecule has 0 N–H and O–H groups in total. The molecule has 1 atom stereocenters. The largest absolute Gasteiger partial charge is 0.487 e. The molecule has 26 heavy (non-hydrogen) atoms. The van der Waals surface area contributed by atoms with Crippen molar-refractivity contribution in [3.05, 3.63) is 74.8 Å². The number of hydrogen-bond acceptors (Lipinski definition) is 4. The zero-order valence-corrected chi connectivity index (χ0v) is 15.1. The maximum absolute atomic E-state index is 12.4. The molecule has 3 aromatic rings. The van der Waals surface area contributed by atoms with E-state index in [-0.39, 0.29) is 23.9 Å². The second-order valence-electron chi connectivity index (χ2n) is 7.00. The number of nitrogens with zero attached hydrogens (tertiary/aromatic N) is 2. The van der Waals surface area contributed by atoms with E-state index in [9.17, 15) is 9.59 Å². The highest BCUT2D eigenvalue weighted by Crippen LogP contribution is 2.40. The molecule has 0 saturated heterocycles. The number of benzene rings is 1. The van der Waals surface area contributed by atoms with Crippen LogP contribution in [0, 0.1) is 13.8 Å². The summed E-state index contributed by atoms with van der Waals surface area (Å²) in [6, 6.07) is 9.02. The quantitative estimate of drug-likeness (QED) is 0.726. The zero-order valence-electron chi connectivity index (χ0n) is 15.1. The predicted molar refractivity (Wildman–Crippen MR) is 99.1 cm³/mol. The summed E-state index contributed by atoms with van der Waals surface area (Å²) in [4.78, 5) is 29.2. The molecular weight excluding hydrogens is 328 g/mol. The number of rotatable bonds is 3. The fraction of sp³-hybridized carbons (Fsp3) is 0.286. The average molecular weight is 348 g/mol. The van der Waals surface area contributed by atoms with Crippen molar-refractivity contribution in [1.29, 1.82) is 0 Å². The summed E-state index contributed by atoms with van der Waals surface area (Å²) in [5.74, 6) is 0.909. The van der Waals surface area contributed by atoms with E-state index in [0.717, 1.165) is 16.7 Å². The maximum Gasteiger partial charge on any atom is 0.258 e. The monoisotopic (exact) mass is 348 g/mol. The van der Waals surface area contributed by atoms with Gasteiger partial charge in [0.2, 0.25) is 0 Å². The van der Waals surface area contributed by atoms with Gasteiger partial charge in [0.1, 0.15) is 18.0 Å². The fourth-order valence-electron chi connectivity index (χ4n) is 3.71. The summed E-state index contributed by atoms with van der Waals surface area (Å²) in [6.45, 7) is 6.19. The number of ether oxygens (including phenoxy) is 1. The number of ketones is 1. The van der Waals surface area contributed by atoms with Crippen LogP contribution in [0.3, 0.4) is 0 Å². The minimum absolute atomic E-state index is 0.119. The Bertz CT molecular complexity index is 1100. The molecule has 2 heterocycles. The molecule has 5 heteroatoms. The van der Waals surface area contributed by atoms with Gasteiger partial charge in [-0.3, -0.25) is 14.0 Å². The van der Waals surface area contributed by atoms with Crippen LogP contribution in [-0.4, -0.2) is 15.2 Å². The Kier molecular flexibility index (Phi) is 3.87. The first-order chi connectivity index (χ1) is 12.4. The molecule has 0 fully saturated rings. The first kappa shape index (κ1) is 16.5. The van der Waals surface area contributed by atoms with Crippen LogP contribution in [0.15, 0.2) is 41.3 Å². The highest BCUT2D eigenvalue weighted by atomic mass is 16.5. The molecule has 4 rings (SSSR count). The highest BCUT2D eigenvalue weighted by molar-refractivity contribution is 6.04. The van der Waals surface area contributed by atoms with E-state index < -0.39 is 0 Å². The number of pyridine rings is 1. The molecule has 0 aliphatic heterocycles. The lowest BCUT2D eigenvalue weighted by molar-refractivity contribution is 0.0986. The SMILES string of the molecule is Cc1ccn2c(=O)cc(COc3ccc(C)c4c3C(=O)CC4C)nc2c1. The smallest absolute Gasteiger partial charge is 0.258 e. The molecule has 1 aliphatic rings. The zero-order chi connectivity index (χ0) is 18.4. The van der Waals surface area contributed by atoms with Crippen molar-refractivity contribution in [2.24, 2.45) is 0 Å². The Morgan fingerprint density at radius 3 is 2.81 bits per heavy atom. The summed E-state index contributed by atoms with van der Waals surface area (Å²) < 4.78 is 7.42. The molecular formula is C21H20N2O3. The molecule has 0 spiro atoms. The topological polar surface area (TPSA) is 60.7 Å². The van der Waals surface area contributed by atoms with Gasteiger partial charge in [-0.25, -0.2) is 4.98 Å². The van der Waals surface area contributed by atoms with Gasteiger partial charge in [0.25, 0.3) is 5.56 Å². The third kappa shape index (κ3) is 2.69. The third-order valence-corrected chi connectivity index (χ3v) is 4.94. The standard InChI is InChI=1S/C21H20N2O3/c1-12-6-7-23-18(8-12)22-15(10-19(23)25)11-26-17-5-4-13(2)20-14(3)9-16(24)21(17)20/h4-8,10,14H,9,11H2,1-3H3. The van der Waals surface area contributed by atoms with Gasteiger partial charge in [0.15, 0.2) is 5.78 Å². The third-order valence-electron chi connectivity index (χ3n) is 4.94. The molecule has 0 saturated carbocycles. The van der Waals surface area contributed by atoms with Gasteiger partial charge in [-0.2, -0.15) is 0 Å². The van der Waals surface area contributed by atoms with Gasteiger partial charge >= 0.3 is 0 Å². The van der Waals surface area contributed by atoms with E-state index in [0.29, 0.717) is 29.1 Å². The molecule has 2 aromatic heterocycles. The highest BCUT2D eigenvalue weighted by Gasteiger charge is 2.31. The molecule has 0 bridgehead atoms. The van der Waals surface area contributed by atoms with Gasteiger partial charge in [-0.05, 0) is 54.7 Å². The molecule has 5 nitrogen and oxygen atoms in total. The van der Waals surface area contributed by atoms with Gasteiger partial charge in [-0.15, -0.1) is 0 Å². The van der Waals surface area contributed by atoms with E-state index in [1.165, 1.54) is 10.5 Å². The first-order valence-corrected chi connectivity index (χ1v) is 8.72. The second-order valence-corrected chi connectivity index (χ2v) is 7.00. The van der Waals surface area contributed by atoms with Crippen molar-refractivity contribution in [2.45, 2.75) is 39.7 Å². The van der Waals surface area contributed by atoms with Crippen molar-refractivity contribution >= 4 is 11.4 Å². The number of carbonyl (C=O) groups excluding carboxylic acids is 1. The maximum atomic E-state index is 12.4. The minimum Gasteiger partial charge on any atom is -0.487 e. The lowest BCUT2D eigenvalue weighted by atomic mass is 9.97. The minimum atomic E-state index is -0.146. The van der Waals surface area contributed by atoms with E-state index in [2.05, 4.69) is 11.9 Å². The van der Waals surface area contributed by atoms with Crippen LogP contribution in [0.5, 0.6) is 5.75 Å². The average Bonchev–Trinajstić information content (AvgIpc) is 2.89. The van der Waals surface area contributed by atoms with Crippen LogP contribution in [0.1, 0.15) is 52.0 Å². The van der Waals surface area contributed by atoms with Crippen LogP contribution in [-0.2, 0) is 6.61 Å². The van der Waals surface area contributed by atoms with Gasteiger partial charge in [-0.1, -0.05) is 13.0 Å². The molecule has 0 radical (unpaired) electrons. The van der Waals surface area contributed by atoms with Crippen LogP contribution in [0.25, 0.3) is 5.65 Å². The molecule has 0 amide bonds. The summed E-state index contributed by atoms with van der Waals surface area (Å²) in [6.07, 6.45) is 2.24. The van der Waals surface area contributed by atoms with Crippen LogP contribution >= 0.6 is 0 Å². The number of fused-ring (bicyclic) bond motifs is 2. The molecule has 1 aromatic carbocycles. The summed E-state index contributed by atoms with van der Waals surface area (Å²) >= 11 is 0. The van der Waals surface area contributed by atoms with E-state index in [1.54, 1.807) is 6.20 Å². The summed E-state index contributed by atoms with van der Waals surface area (Å²) in [5.41, 5.74) is 4.91. The van der Waals surface area contributed by atoms with Crippen molar-refractivity contribution in [3.8, 4) is 5.75 Å². The summed E-state index contributed by atoms with van der Waals surface area (Å²) in [7, 11) is 0. The first-order valence-electron chi connectivity index (χ1n) is 8.72. The van der Waals surface area contributed by atoms with Crippen molar-refractivity contribution in [3.63, 3.8) is 0 Å². The number of aromatic nitrogens is 2. The Hall–Kier alpha value is -2.95. The Morgan fingerprint density at radius 2 is 2.00 bits per heavy atom. The Labute approximate surface area is 151 Å². The van der Waals surface area contributed by atoms with Crippen LogP contribution < -0.4 is 10.3 Å². The number of hydrogen-bond donors (Lipinski definition) is 0. The number of aryl methyl sites for hydroxylation is 2. The van der Waals surface area contributed by atoms with Gasteiger partial charge in [0.05, 0.1) is 11.3 Å². The number of carbonyl (C=O) groups is 1. The van der Waals surface area contributed by atoms with E-state index in [1.807, 2.05) is 38.1 Å². The normalized spacial score (nSPS) is 16.1. The van der Waals surface area contributed by atoms with Crippen molar-refractivity contribution < 1.29 is 9.53 Å². The second kappa shape index (κ2) is 6.09. The van der Waals surface area contributed by atoms with Crippen molar-refractivity contribution in [1.82, 2.24) is 9.38 Å². The van der Waals surface area contributed by atoms with E-state index >= 15 is 0 Å². The number of Topliss-reactive ketones (excluding diaryl/α,β-unsaturated/α-hetero) is 1. The predicted octanol–water partition coefficient (Wildman–Crippen LogP) is 3.58. The summed E-state index contributed by atoms with van der Waals surface area (Å²) in [5, 5.41) is 0. The fourth-order valence-corrected chi connectivity index (χ4v) is 3.71. The van der Waals surface area contributed by atoms with E-state index in [4.69, 9.17) is 4.74 Å². The lowest BCUT2D eigenvalue weighted by Gasteiger charge is -2.13. The molecule has 1 aliphatic carbocycles. The van der Waals surface area contributed by atoms with Gasteiger partial charge < -0.3 is 4.74 Å². The molecule has 132 valence electrons. The lowest BCUT2D eigenvalue weighted by Crippen LogP contribution is -2.16. The molecule has 1 unspecified atom stereocenters. The van der Waals surface area contributed by atoms with Crippen LogP contribution in [0.2, 0.25) is 0 Å². The Balaban J connectivity index is 1.68. The van der Waals surface area contributed by atoms with Crippen LogP contribution in [0.4, 0.5) is 0 Å².